The van der Waals surface area contributed by atoms with Crippen molar-refractivity contribution in [2.75, 3.05) is 46.7 Å². The molecule has 18 heavy (non-hydrogen) atoms. The van der Waals surface area contributed by atoms with Crippen LogP contribution in [0.1, 0.15) is 0 Å². The van der Waals surface area contributed by atoms with Crippen LogP contribution in [0.4, 0.5) is 9.59 Å². The van der Waals surface area contributed by atoms with Gasteiger partial charge in [0, 0.05) is 27.2 Å². The Labute approximate surface area is 111 Å². The van der Waals surface area contributed by atoms with E-state index in [0.717, 1.165) is 0 Å². The molecule has 1 heterocycles. The first-order chi connectivity index (χ1) is 8.54. The smallest absolute Gasteiger partial charge is 0.345 e. The van der Waals surface area contributed by atoms with Crippen molar-refractivity contribution < 1.29 is 14.3 Å². The quantitative estimate of drug-likeness (QED) is 0.513. The summed E-state index contributed by atoms with van der Waals surface area (Å²) in [7, 11) is 3.21. The van der Waals surface area contributed by atoms with Gasteiger partial charge >= 0.3 is 12.1 Å². The zero-order valence-electron chi connectivity index (χ0n) is 10.8. The van der Waals surface area contributed by atoms with Crippen LogP contribution in [0.5, 0.6) is 0 Å². The van der Waals surface area contributed by atoms with E-state index in [9.17, 15) is 9.59 Å². The lowest BCUT2D eigenvalue weighted by atomic mass is 10.4. The SMILES string of the molecule is CSC(=NC(=O)N(C)C)NC(=O)N1CCOCC1. The van der Waals surface area contributed by atoms with E-state index in [1.54, 1.807) is 25.3 Å². The molecule has 0 spiro atoms. The van der Waals surface area contributed by atoms with Gasteiger partial charge in [0.2, 0.25) is 0 Å². The van der Waals surface area contributed by atoms with Gasteiger partial charge in [0.05, 0.1) is 13.2 Å². The number of hydrogen-bond donors (Lipinski definition) is 1. The third kappa shape index (κ3) is 4.53. The van der Waals surface area contributed by atoms with Crippen molar-refractivity contribution in [1.82, 2.24) is 15.1 Å². The first-order valence-electron chi connectivity index (χ1n) is 5.52. The van der Waals surface area contributed by atoms with Crippen LogP contribution in [-0.2, 0) is 4.74 Å². The fourth-order valence-electron chi connectivity index (χ4n) is 1.25. The highest BCUT2D eigenvalue weighted by Gasteiger charge is 2.18. The maximum atomic E-state index is 11.9. The first-order valence-corrected chi connectivity index (χ1v) is 6.74. The summed E-state index contributed by atoms with van der Waals surface area (Å²) < 4.78 is 5.16. The van der Waals surface area contributed by atoms with E-state index < -0.39 is 6.03 Å². The molecule has 102 valence electrons. The molecule has 0 saturated carbocycles. The molecule has 4 amide bonds. The Kier molecular flexibility index (Phi) is 5.93. The molecule has 0 bridgehead atoms. The summed E-state index contributed by atoms with van der Waals surface area (Å²) in [6.45, 7) is 2.18. The minimum absolute atomic E-state index is 0.252. The van der Waals surface area contributed by atoms with Crippen LogP contribution in [0.2, 0.25) is 0 Å². The molecule has 1 aliphatic heterocycles. The molecule has 0 aromatic rings. The molecule has 0 radical (unpaired) electrons. The maximum absolute atomic E-state index is 11.9. The van der Waals surface area contributed by atoms with E-state index in [4.69, 9.17) is 4.74 Å². The normalized spacial score (nSPS) is 16.4. The third-order valence-corrected chi connectivity index (χ3v) is 2.87. The Hall–Kier alpha value is -1.28. The number of carbonyl (C=O) groups is 2. The lowest BCUT2D eigenvalue weighted by molar-refractivity contribution is 0.0543. The highest BCUT2D eigenvalue weighted by atomic mass is 32.2. The number of amides is 4. The second kappa shape index (κ2) is 7.22. The number of carbonyl (C=O) groups excluding carboxylic acids is 2. The summed E-state index contributed by atoms with van der Waals surface area (Å²) in [5.41, 5.74) is 0. The fraction of sp³-hybridized carbons (Fsp3) is 0.700. The number of aliphatic imine (C=N–C) groups is 1. The number of nitrogens with zero attached hydrogens (tertiary/aromatic N) is 3. The summed E-state index contributed by atoms with van der Waals surface area (Å²) in [5, 5.41) is 2.92. The maximum Gasteiger partial charge on any atom is 0.345 e. The monoisotopic (exact) mass is 274 g/mol. The average molecular weight is 274 g/mol. The number of urea groups is 2. The van der Waals surface area contributed by atoms with Gasteiger partial charge in [-0.1, -0.05) is 11.8 Å². The molecule has 8 heteroatoms. The minimum atomic E-state index is -0.401. The fourth-order valence-corrected chi connectivity index (χ4v) is 1.61. The van der Waals surface area contributed by atoms with Crippen LogP contribution in [-0.4, -0.2) is 73.7 Å². The lowest BCUT2D eigenvalue weighted by Crippen LogP contribution is -2.47. The van der Waals surface area contributed by atoms with Crippen molar-refractivity contribution in [3.05, 3.63) is 0 Å². The largest absolute Gasteiger partial charge is 0.378 e. The lowest BCUT2D eigenvalue weighted by Gasteiger charge is -2.26. The van der Waals surface area contributed by atoms with Gasteiger partial charge in [0.1, 0.15) is 0 Å². The topological polar surface area (TPSA) is 74.2 Å². The summed E-state index contributed by atoms with van der Waals surface area (Å²) in [4.78, 5) is 30.1. The summed E-state index contributed by atoms with van der Waals surface area (Å²) in [6, 6.07) is -0.653. The van der Waals surface area contributed by atoms with Crippen molar-refractivity contribution >= 4 is 29.0 Å². The molecule has 0 atom stereocenters. The number of nitrogens with one attached hydrogen (secondary N) is 1. The van der Waals surface area contributed by atoms with Crippen molar-refractivity contribution in [2.45, 2.75) is 0 Å². The summed E-state index contributed by atoms with van der Waals surface area (Å²) in [5.74, 6) is 0. The predicted octanol–water partition coefficient (Wildman–Crippen LogP) is 0.429. The van der Waals surface area contributed by atoms with Gasteiger partial charge in [0.25, 0.3) is 0 Å². The van der Waals surface area contributed by atoms with E-state index in [2.05, 4.69) is 10.3 Å². The van der Waals surface area contributed by atoms with Gasteiger partial charge in [0.15, 0.2) is 5.17 Å². The number of morpholine rings is 1. The van der Waals surface area contributed by atoms with Crippen molar-refractivity contribution in [3.8, 4) is 0 Å². The van der Waals surface area contributed by atoms with Crippen molar-refractivity contribution in [2.24, 2.45) is 4.99 Å². The number of rotatable bonds is 0. The van der Waals surface area contributed by atoms with E-state index in [-0.39, 0.29) is 6.03 Å². The molecule has 1 saturated heterocycles. The van der Waals surface area contributed by atoms with Crippen LogP contribution < -0.4 is 5.32 Å². The minimum Gasteiger partial charge on any atom is -0.378 e. The molecular formula is C10H18N4O3S. The third-order valence-electron chi connectivity index (χ3n) is 2.29. The Morgan fingerprint density at radius 2 is 1.94 bits per heavy atom. The Balaban J connectivity index is 2.56. The van der Waals surface area contributed by atoms with Crippen LogP contribution >= 0.6 is 11.8 Å². The highest BCUT2D eigenvalue weighted by Crippen LogP contribution is 2.01. The number of amidine groups is 1. The van der Waals surface area contributed by atoms with Crippen LogP contribution in [0.3, 0.4) is 0 Å². The van der Waals surface area contributed by atoms with Gasteiger partial charge in [-0.2, -0.15) is 4.99 Å². The van der Waals surface area contributed by atoms with Gasteiger partial charge < -0.3 is 14.5 Å². The second-order valence-corrected chi connectivity index (χ2v) is 4.62. The Morgan fingerprint density at radius 1 is 1.33 bits per heavy atom. The summed E-state index contributed by atoms with van der Waals surface area (Å²) >= 11 is 1.22. The van der Waals surface area contributed by atoms with Crippen LogP contribution in [0.15, 0.2) is 4.99 Å². The van der Waals surface area contributed by atoms with Crippen LogP contribution in [0.25, 0.3) is 0 Å². The van der Waals surface area contributed by atoms with E-state index in [1.165, 1.54) is 16.7 Å². The molecule has 1 fully saturated rings. The van der Waals surface area contributed by atoms with Gasteiger partial charge in [-0.3, -0.25) is 5.32 Å². The molecule has 1 N–H and O–H groups in total. The number of thioether (sulfide) groups is 1. The van der Waals surface area contributed by atoms with Gasteiger partial charge in [-0.15, -0.1) is 0 Å². The number of hydrogen-bond acceptors (Lipinski definition) is 4. The molecule has 7 nitrogen and oxygen atoms in total. The first kappa shape index (κ1) is 14.8. The average Bonchev–Trinajstić information content (AvgIpc) is 2.38. The predicted molar refractivity (Wildman–Crippen MR) is 71.0 cm³/mol. The molecule has 1 aliphatic rings. The zero-order chi connectivity index (χ0) is 13.5. The molecule has 0 aromatic heterocycles. The van der Waals surface area contributed by atoms with Gasteiger partial charge in [-0.25, -0.2) is 9.59 Å². The van der Waals surface area contributed by atoms with E-state index in [1.807, 2.05) is 0 Å². The van der Waals surface area contributed by atoms with E-state index in [0.29, 0.717) is 31.5 Å². The standard InChI is InChI=1S/C10H18N4O3S/c1-13(2)9(15)11-8(18-3)12-10(16)14-4-6-17-7-5-14/h4-7H2,1-3H3,(H,11,12,15,16). The summed E-state index contributed by atoms with van der Waals surface area (Å²) in [6.07, 6.45) is 1.75. The van der Waals surface area contributed by atoms with Gasteiger partial charge in [-0.05, 0) is 6.26 Å². The number of ether oxygens (including phenoxy) is 1. The Morgan fingerprint density at radius 3 is 2.44 bits per heavy atom. The van der Waals surface area contributed by atoms with Crippen molar-refractivity contribution in [1.29, 1.82) is 0 Å². The van der Waals surface area contributed by atoms with Crippen LogP contribution in [0, 0.1) is 0 Å². The zero-order valence-corrected chi connectivity index (χ0v) is 11.6. The molecule has 1 rings (SSSR count). The Bertz CT molecular complexity index is 340. The molecule has 0 aliphatic carbocycles. The molecule has 0 aromatic carbocycles. The molecular weight excluding hydrogens is 256 g/mol. The van der Waals surface area contributed by atoms with E-state index >= 15 is 0 Å². The highest BCUT2D eigenvalue weighted by molar-refractivity contribution is 8.13. The molecule has 0 unspecified atom stereocenters. The van der Waals surface area contributed by atoms with Crippen molar-refractivity contribution in [3.63, 3.8) is 0 Å². The second-order valence-electron chi connectivity index (χ2n) is 3.83.